The summed E-state index contributed by atoms with van der Waals surface area (Å²) >= 11 is 0. The monoisotopic (exact) mass is 425 g/mol. The van der Waals surface area contributed by atoms with E-state index in [2.05, 4.69) is 13.8 Å². The standard InChI is InChI=1S/C24H27N3O2.ClH/c1-16(2)22-21(18-7-4-3-5-8-18)26-23(29-22)20-9-6-14-27(20)24(28)19-12-10-17(15-25)11-13-19;/h3-5,7-8,10-13,16,20H,6,9,14-15,25H2,1-2H3;1H. The molecule has 1 aliphatic heterocycles. The fraction of sp³-hybridized carbons (Fsp3) is 0.333. The Morgan fingerprint density at radius 2 is 1.87 bits per heavy atom. The van der Waals surface area contributed by atoms with Crippen molar-refractivity contribution in [3.8, 4) is 11.3 Å². The van der Waals surface area contributed by atoms with E-state index in [0.717, 1.165) is 35.4 Å². The highest BCUT2D eigenvalue weighted by Crippen LogP contribution is 2.37. The van der Waals surface area contributed by atoms with Crippen LogP contribution in [0.3, 0.4) is 0 Å². The molecule has 2 heterocycles. The molecule has 2 N–H and O–H groups in total. The van der Waals surface area contributed by atoms with Crippen molar-refractivity contribution >= 4 is 18.3 Å². The van der Waals surface area contributed by atoms with Crippen LogP contribution in [-0.2, 0) is 6.54 Å². The second-order valence-electron chi connectivity index (χ2n) is 7.84. The number of benzene rings is 2. The molecule has 1 fully saturated rings. The molecule has 1 aliphatic rings. The van der Waals surface area contributed by atoms with Gasteiger partial charge in [-0.2, -0.15) is 0 Å². The molecule has 4 rings (SSSR count). The van der Waals surface area contributed by atoms with Crippen molar-refractivity contribution in [3.05, 3.63) is 77.4 Å². The summed E-state index contributed by atoms with van der Waals surface area (Å²) in [5.74, 6) is 1.73. The Morgan fingerprint density at radius 3 is 2.50 bits per heavy atom. The van der Waals surface area contributed by atoms with Crippen LogP contribution < -0.4 is 5.73 Å². The third-order valence-electron chi connectivity index (χ3n) is 5.48. The predicted octanol–water partition coefficient (Wildman–Crippen LogP) is 5.32. The highest BCUT2D eigenvalue weighted by Gasteiger charge is 2.35. The van der Waals surface area contributed by atoms with Gasteiger partial charge in [-0.3, -0.25) is 4.79 Å². The fourth-order valence-corrected chi connectivity index (χ4v) is 3.90. The molecule has 5 nitrogen and oxygen atoms in total. The molecular formula is C24H28ClN3O2. The highest BCUT2D eigenvalue weighted by molar-refractivity contribution is 5.94. The number of halogens is 1. The zero-order valence-electron chi connectivity index (χ0n) is 17.4. The van der Waals surface area contributed by atoms with Crippen molar-refractivity contribution in [1.29, 1.82) is 0 Å². The smallest absolute Gasteiger partial charge is 0.254 e. The normalized spacial score (nSPS) is 16.0. The molecule has 0 aliphatic carbocycles. The SMILES string of the molecule is CC(C)c1oc(C2CCCN2C(=O)c2ccc(CN)cc2)nc1-c1ccccc1.Cl. The van der Waals surface area contributed by atoms with Crippen LogP contribution in [0.1, 0.15) is 66.2 Å². The summed E-state index contributed by atoms with van der Waals surface area (Å²) in [6.45, 7) is 5.39. The van der Waals surface area contributed by atoms with Crippen LogP contribution in [0.4, 0.5) is 0 Å². The average molecular weight is 426 g/mol. The minimum Gasteiger partial charge on any atom is -0.442 e. The van der Waals surface area contributed by atoms with Crippen molar-refractivity contribution < 1.29 is 9.21 Å². The summed E-state index contributed by atoms with van der Waals surface area (Å²) in [5, 5.41) is 0. The van der Waals surface area contributed by atoms with Crippen molar-refractivity contribution in [2.45, 2.75) is 45.2 Å². The molecule has 0 spiro atoms. The van der Waals surface area contributed by atoms with Gasteiger partial charge in [-0.05, 0) is 30.5 Å². The van der Waals surface area contributed by atoms with Gasteiger partial charge in [0.15, 0.2) is 0 Å². The molecule has 1 atom stereocenters. The van der Waals surface area contributed by atoms with Crippen LogP contribution in [0.25, 0.3) is 11.3 Å². The van der Waals surface area contributed by atoms with Crippen LogP contribution in [0.15, 0.2) is 59.0 Å². The number of nitrogens with zero attached hydrogens (tertiary/aromatic N) is 2. The Morgan fingerprint density at radius 1 is 1.17 bits per heavy atom. The number of carbonyl (C=O) groups is 1. The van der Waals surface area contributed by atoms with Gasteiger partial charge in [-0.15, -0.1) is 12.4 Å². The van der Waals surface area contributed by atoms with E-state index in [4.69, 9.17) is 15.1 Å². The van der Waals surface area contributed by atoms with Crippen molar-refractivity contribution in [2.75, 3.05) is 6.54 Å². The Kier molecular flexibility index (Phi) is 6.95. The minimum absolute atomic E-state index is 0. The van der Waals surface area contributed by atoms with Gasteiger partial charge >= 0.3 is 0 Å². The van der Waals surface area contributed by atoms with Crippen LogP contribution in [0, 0.1) is 0 Å². The number of rotatable bonds is 5. The number of likely N-dealkylation sites (tertiary alicyclic amines) is 1. The van der Waals surface area contributed by atoms with Gasteiger partial charge in [0.25, 0.3) is 5.91 Å². The Balaban J connectivity index is 0.00000256. The lowest BCUT2D eigenvalue weighted by atomic mass is 10.0. The molecule has 2 aromatic carbocycles. The summed E-state index contributed by atoms with van der Waals surface area (Å²) < 4.78 is 6.25. The Labute approximate surface area is 183 Å². The van der Waals surface area contributed by atoms with Gasteiger partial charge in [0.2, 0.25) is 5.89 Å². The van der Waals surface area contributed by atoms with E-state index in [-0.39, 0.29) is 30.3 Å². The minimum atomic E-state index is -0.133. The summed E-state index contributed by atoms with van der Waals surface area (Å²) in [7, 11) is 0. The number of nitrogens with two attached hydrogens (primary N) is 1. The molecule has 0 bridgehead atoms. The molecule has 3 aromatic rings. The lowest BCUT2D eigenvalue weighted by Crippen LogP contribution is -2.30. The van der Waals surface area contributed by atoms with Crippen molar-refractivity contribution in [3.63, 3.8) is 0 Å². The average Bonchev–Trinajstić information content (AvgIpc) is 3.41. The van der Waals surface area contributed by atoms with E-state index in [9.17, 15) is 4.79 Å². The number of hydrogen-bond donors (Lipinski definition) is 1. The van der Waals surface area contributed by atoms with Crippen LogP contribution in [-0.4, -0.2) is 22.3 Å². The van der Waals surface area contributed by atoms with E-state index in [0.29, 0.717) is 24.5 Å². The van der Waals surface area contributed by atoms with Crippen molar-refractivity contribution in [1.82, 2.24) is 9.88 Å². The second kappa shape index (κ2) is 9.45. The lowest BCUT2D eigenvalue weighted by molar-refractivity contribution is 0.0714. The van der Waals surface area contributed by atoms with Crippen molar-refractivity contribution in [2.24, 2.45) is 5.73 Å². The first-order chi connectivity index (χ1) is 14.1. The number of oxazole rings is 1. The zero-order valence-corrected chi connectivity index (χ0v) is 18.2. The largest absolute Gasteiger partial charge is 0.442 e. The third-order valence-corrected chi connectivity index (χ3v) is 5.48. The first-order valence-electron chi connectivity index (χ1n) is 10.2. The highest BCUT2D eigenvalue weighted by atomic mass is 35.5. The zero-order chi connectivity index (χ0) is 20.4. The predicted molar refractivity (Wildman–Crippen MR) is 121 cm³/mol. The van der Waals surface area contributed by atoms with Gasteiger partial charge in [-0.1, -0.05) is 56.3 Å². The summed E-state index contributed by atoms with van der Waals surface area (Å²) in [5.41, 5.74) is 9.28. The van der Waals surface area contributed by atoms with E-state index < -0.39 is 0 Å². The molecule has 158 valence electrons. The molecule has 1 saturated heterocycles. The summed E-state index contributed by atoms with van der Waals surface area (Å²) in [6, 6.07) is 17.5. The van der Waals surface area contributed by atoms with E-state index in [1.807, 2.05) is 59.5 Å². The van der Waals surface area contributed by atoms with Gasteiger partial charge in [-0.25, -0.2) is 4.98 Å². The van der Waals surface area contributed by atoms with E-state index >= 15 is 0 Å². The molecule has 0 radical (unpaired) electrons. The quantitative estimate of drug-likeness (QED) is 0.600. The number of amides is 1. The van der Waals surface area contributed by atoms with E-state index in [1.54, 1.807) is 0 Å². The molecule has 6 heteroatoms. The summed E-state index contributed by atoms with van der Waals surface area (Å²) in [4.78, 5) is 19.9. The van der Waals surface area contributed by atoms with Gasteiger partial charge in [0, 0.05) is 30.1 Å². The number of hydrogen-bond acceptors (Lipinski definition) is 4. The molecule has 1 unspecified atom stereocenters. The third kappa shape index (κ3) is 4.27. The van der Waals surface area contributed by atoms with Gasteiger partial charge in [0.05, 0.1) is 0 Å². The Hall–Kier alpha value is -2.63. The number of aromatic nitrogens is 1. The molecular weight excluding hydrogens is 398 g/mol. The summed E-state index contributed by atoms with van der Waals surface area (Å²) in [6.07, 6.45) is 1.80. The first-order valence-corrected chi connectivity index (χ1v) is 10.2. The molecule has 1 amide bonds. The Bertz CT molecular complexity index is 983. The van der Waals surface area contributed by atoms with E-state index in [1.165, 1.54) is 0 Å². The molecule has 1 aromatic heterocycles. The fourth-order valence-electron chi connectivity index (χ4n) is 3.90. The maximum absolute atomic E-state index is 13.2. The van der Waals surface area contributed by atoms with Crippen LogP contribution >= 0.6 is 12.4 Å². The van der Waals surface area contributed by atoms with Gasteiger partial charge < -0.3 is 15.1 Å². The maximum atomic E-state index is 13.2. The molecule has 0 saturated carbocycles. The topological polar surface area (TPSA) is 72.4 Å². The maximum Gasteiger partial charge on any atom is 0.254 e. The van der Waals surface area contributed by atoms with Crippen LogP contribution in [0.2, 0.25) is 0 Å². The first kappa shape index (κ1) is 22.1. The molecule has 30 heavy (non-hydrogen) atoms. The van der Waals surface area contributed by atoms with Gasteiger partial charge in [0.1, 0.15) is 17.5 Å². The number of carbonyl (C=O) groups excluding carboxylic acids is 1. The van der Waals surface area contributed by atoms with Crippen LogP contribution in [0.5, 0.6) is 0 Å². The lowest BCUT2D eigenvalue weighted by Gasteiger charge is -2.22. The second-order valence-corrected chi connectivity index (χ2v) is 7.84.